The first-order valence-corrected chi connectivity index (χ1v) is 5.22. The first-order valence-electron chi connectivity index (χ1n) is 5.22. The van der Waals surface area contributed by atoms with Crippen molar-refractivity contribution in [2.75, 3.05) is 6.54 Å². The molecule has 1 aromatic rings. The van der Waals surface area contributed by atoms with Crippen LogP contribution in [-0.4, -0.2) is 28.1 Å². The number of rotatable bonds is 5. The van der Waals surface area contributed by atoms with E-state index in [1.54, 1.807) is 13.0 Å². The molecular weight excluding hydrogens is 208 g/mol. The topological polar surface area (TPSA) is 71.3 Å². The normalized spacial score (nSPS) is 10.1. The number of aromatic nitrogens is 1. The number of amides is 1. The van der Waals surface area contributed by atoms with Crippen LogP contribution in [0.1, 0.15) is 29.5 Å². The van der Waals surface area contributed by atoms with Crippen molar-refractivity contribution in [3.05, 3.63) is 23.5 Å². The summed E-state index contributed by atoms with van der Waals surface area (Å²) in [5, 5.41) is 11.6. The van der Waals surface area contributed by atoms with Crippen molar-refractivity contribution >= 4 is 11.9 Å². The van der Waals surface area contributed by atoms with Gasteiger partial charge in [-0.05, 0) is 25.5 Å². The lowest BCUT2D eigenvalue weighted by molar-refractivity contribution is -0.121. The monoisotopic (exact) mass is 224 g/mol. The Bertz CT molecular complexity index is 396. The SMILES string of the molecule is CCCNC(=O)Cn1c(C)ccc1C(=O)O. The van der Waals surface area contributed by atoms with E-state index in [-0.39, 0.29) is 18.1 Å². The van der Waals surface area contributed by atoms with Gasteiger partial charge >= 0.3 is 5.97 Å². The maximum Gasteiger partial charge on any atom is 0.352 e. The first-order chi connectivity index (χ1) is 7.56. The van der Waals surface area contributed by atoms with Crippen molar-refractivity contribution in [3.8, 4) is 0 Å². The molecule has 0 unspecified atom stereocenters. The van der Waals surface area contributed by atoms with Crippen LogP contribution in [0.4, 0.5) is 0 Å². The molecule has 0 fully saturated rings. The van der Waals surface area contributed by atoms with E-state index in [4.69, 9.17) is 5.11 Å². The molecule has 0 aliphatic carbocycles. The highest BCUT2D eigenvalue weighted by Gasteiger charge is 2.13. The third-order valence-electron chi connectivity index (χ3n) is 2.29. The number of carbonyl (C=O) groups is 2. The Labute approximate surface area is 94.1 Å². The molecule has 2 N–H and O–H groups in total. The van der Waals surface area contributed by atoms with Gasteiger partial charge in [-0.3, -0.25) is 4.79 Å². The second kappa shape index (κ2) is 5.34. The van der Waals surface area contributed by atoms with Crippen molar-refractivity contribution < 1.29 is 14.7 Å². The lowest BCUT2D eigenvalue weighted by Crippen LogP contribution is -2.29. The number of aryl methyl sites for hydroxylation is 1. The van der Waals surface area contributed by atoms with Gasteiger partial charge in [0.1, 0.15) is 12.2 Å². The summed E-state index contributed by atoms with van der Waals surface area (Å²) >= 11 is 0. The van der Waals surface area contributed by atoms with Gasteiger partial charge in [0, 0.05) is 12.2 Å². The molecule has 0 saturated heterocycles. The van der Waals surface area contributed by atoms with Crippen molar-refractivity contribution in [1.82, 2.24) is 9.88 Å². The van der Waals surface area contributed by atoms with Gasteiger partial charge in [0.25, 0.3) is 0 Å². The Morgan fingerprint density at radius 3 is 2.69 bits per heavy atom. The Balaban J connectivity index is 2.76. The predicted molar refractivity (Wildman–Crippen MR) is 59.4 cm³/mol. The molecule has 0 aromatic carbocycles. The molecule has 1 amide bonds. The second-order valence-electron chi connectivity index (χ2n) is 3.60. The number of hydrogen-bond donors (Lipinski definition) is 2. The first kappa shape index (κ1) is 12.3. The number of hydrogen-bond acceptors (Lipinski definition) is 2. The maximum absolute atomic E-state index is 11.5. The molecule has 1 aromatic heterocycles. The number of nitrogens with zero attached hydrogens (tertiary/aromatic N) is 1. The maximum atomic E-state index is 11.5. The van der Waals surface area contributed by atoms with Crippen LogP contribution in [0.5, 0.6) is 0 Å². The molecule has 0 aliphatic heterocycles. The van der Waals surface area contributed by atoms with Gasteiger partial charge in [0.05, 0.1) is 0 Å². The summed E-state index contributed by atoms with van der Waals surface area (Å²) in [4.78, 5) is 22.3. The van der Waals surface area contributed by atoms with Crippen molar-refractivity contribution in [1.29, 1.82) is 0 Å². The zero-order chi connectivity index (χ0) is 12.1. The Morgan fingerprint density at radius 2 is 2.12 bits per heavy atom. The van der Waals surface area contributed by atoms with E-state index in [0.29, 0.717) is 6.54 Å². The van der Waals surface area contributed by atoms with Crippen LogP contribution >= 0.6 is 0 Å². The molecule has 0 saturated carbocycles. The zero-order valence-corrected chi connectivity index (χ0v) is 9.49. The lowest BCUT2D eigenvalue weighted by atomic mass is 10.4. The molecule has 0 atom stereocenters. The standard InChI is InChI=1S/C11H16N2O3/c1-3-6-12-10(14)7-13-8(2)4-5-9(13)11(15)16/h4-5H,3,6-7H2,1-2H3,(H,12,14)(H,15,16). The highest BCUT2D eigenvalue weighted by molar-refractivity contribution is 5.87. The average molecular weight is 224 g/mol. The third kappa shape index (κ3) is 2.85. The minimum Gasteiger partial charge on any atom is -0.477 e. The van der Waals surface area contributed by atoms with Crippen LogP contribution in [0.2, 0.25) is 0 Å². The summed E-state index contributed by atoms with van der Waals surface area (Å²) in [5.74, 6) is -1.18. The minimum atomic E-state index is -1.02. The number of nitrogens with one attached hydrogen (secondary N) is 1. The molecular formula is C11H16N2O3. The van der Waals surface area contributed by atoms with Gasteiger partial charge in [-0.25, -0.2) is 4.79 Å². The van der Waals surface area contributed by atoms with E-state index < -0.39 is 5.97 Å². The van der Waals surface area contributed by atoms with Crippen LogP contribution in [0, 0.1) is 6.92 Å². The summed E-state index contributed by atoms with van der Waals surface area (Å²) in [5.41, 5.74) is 0.910. The zero-order valence-electron chi connectivity index (χ0n) is 9.49. The fourth-order valence-corrected chi connectivity index (χ4v) is 1.43. The molecule has 88 valence electrons. The summed E-state index contributed by atoms with van der Waals surface area (Å²) in [6.07, 6.45) is 0.863. The largest absolute Gasteiger partial charge is 0.477 e. The molecule has 16 heavy (non-hydrogen) atoms. The van der Waals surface area contributed by atoms with Crippen molar-refractivity contribution in [2.45, 2.75) is 26.8 Å². The van der Waals surface area contributed by atoms with Crippen LogP contribution in [-0.2, 0) is 11.3 Å². The molecule has 5 heteroatoms. The average Bonchev–Trinajstić information content (AvgIpc) is 2.58. The number of carboxylic acids is 1. The fourth-order valence-electron chi connectivity index (χ4n) is 1.43. The van der Waals surface area contributed by atoms with Gasteiger partial charge in [0.15, 0.2) is 0 Å². The highest BCUT2D eigenvalue weighted by Crippen LogP contribution is 2.08. The van der Waals surface area contributed by atoms with Crippen LogP contribution in [0.25, 0.3) is 0 Å². The van der Waals surface area contributed by atoms with Gasteiger partial charge < -0.3 is 15.0 Å². The molecule has 0 radical (unpaired) electrons. The van der Waals surface area contributed by atoms with E-state index in [9.17, 15) is 9.59 Å². The van der Waals surface area contributed by atoms with Gasteiger partial charge in [0.2, 0.25) is 5.91 Å². The molecule has 1 rings (SSSR count). The van der Waals surface area contributed by atoms with Crippen molar-refractivity contribution in [3.63, 3.8) is 0 Å². The minimum absolute atomic E-state index is 0.0560. The number of carboxylic acid groups (broad SMARTS) is 1. The molecule has 0 aliphatic rings. The van der Waals surface area contributed by atoms with E-state index in [1.165, 1.54) is 10.6 Å². The Hall–Kier alpha value is -1.78. The van der Waals surface area contributed by atoms with E-state index in [0.717, 1.165) is 12.1 Å². The molecule has 5 nitrogen and oxygen atoms in total. The molecule has 1 heterocycles. The Morgan fingerprint density at radius 1 is 1.44 bits per heavy atom. The quantitative estimate of drug-likeness (QED) is 0.784. The molecule has 0 spiro atoms. The van der Waals surface area contributed by atoms with Gasteiger partial charge in [-0.2, -0.15) is 0 Å². The Kier molecular flexibility index (Phi) is 4.10. The third-order valence-corrected chi connectivity index (χ3v) is 2.29. The summed E-state index contributed by atoms with van der Waals surface area (Å²) in [6.45, 7) is 4.41. The summed E-state index contributed by atoms with van der Waals surface area (Å²) in [7, 11) is 0. The van der Waals surface area contributed by atoms with Gasteiger partial charge in [-0.1, -0.05) is 6.92 Å². The summed E-state index contributed by atoms with van der Waals surface area (Å²) in [6, 6.07) is 3.20. The number of carbonyl (C=O) groups excluding carboxylic acids is 1. The summed E-state index contributed by atoms with van der Waals surface area (Å²) < 4.78 is 1.49. The smallest absolute Gasteiger partial charge is 0.352 e. The van der Waals surface area contributed by atoms with Gasteiger partial charge in [-0.15, -0.1) is 0 Å². The van der Waals surface area contributed by atoms with E-state index in [1.807, 2.05) is 6.92 Å². The fraction of sp³-hybridized carbons (Fsp3) is 0.455. The van der Waals surface area contributed by atoms with E-state index >= 15 is 0 Å². The number of aromatic carboxylic acids is 1. The highest BCUT2D eigenvalue weighted by atomic mass is 16.4. The lowest BCUT2D eigenvalue weighted by Gasteiger charge is -2.09. The van der Waals surface area contributed by atoms with Crippen LogP contribution in [0.15, 0.2) is 12.1 Å². The molecule has 0 bridgehead atoms. The van der Waals surface area contributed by atoms with Crippen LogP contribution < -0.4 is 5.32 Å². The van der Waals surface area contributed by atoms with Crippen molar-refractivity contribution in [2.24, 2.45) is 0 Å². The van der Waals surface area contributed by atoms with E-state index in [2.05, 4.69) is 5.32 Å². The second-order valence-corrected chi connectivity index (χ2v) is 3.60. The van der Waals surface area contributed by atoms with Crippen LogP contribution in [0.3, 0.4) is 0 Å². The predicted octanol–water partition coefficient (Wildman–Crippen LogP) is 1.02.